The molecule has 0 amide bonds. The molecule has 1 aliphatic carbocycles. The van der Waals surface area contributed by atoms with Crippen molar-refractivity contribution in [2.75, 3.05) is 0 Å². The van der Waals surface area contributed by atoms with Crippen molar-refractivity contribution in [3.63, 3.8) is 0 Å². The SMILES string of the molecule is Cc1cc(=O)c(O)c(O)c2c1C[C@H]([C@](C)(O)Cn1ccnc1)CC2. The van der Waals surface area contributed by atoms with E-state index in [0.29, 0.717) is 31.4 Å². The fourth-order valence-electron chi connectivity index (χ4n) is 3.62. The van der Waals surface area contributed by atoms with Crippen LogP contribution in [-0.4, -0.2) is 30.5 Å². The van der Waals surface area contributed by atoms with Crippen molar-refractivity contribution in [1.29, 1.82) is 0 Å². The highest BCUT2D eigenvalue weighted by Gasteiger charge is 2.36. The third-order valence-corrected chi connectivity index (χ3v) is 5.07. The van der Waals surface area contributed by atoms with Crippen LogP contribution < -0.4 is 5.43 Å². The predicted molar refractivity (Wildman–Crippen MR) is 89.1 cm³/mol. The van der Waals surface area contributed by atoms with E-state index in [4.69, 9.17) is 0 Å². The molecule has 0 aliphatic heterocycles. The van der Waals surface area contributed by atoms with E-state index in [0.717, 1.165) is 11.1 Å². The Morgan fingerprint density at radius 1 is 1.33 bits per heavy atom. The summed E-state index contributed by atoms with van der Waals surface area (Å²) in [7, 11) is 0. The Hall–Kier alpha value is -2.34. The lowest BCUT2D eigenvalue weighted by molar-refractivity contribution is -0.0220. The molecule has 0 radical (unpaired) electrons. The van der Waals surface area contributed by atoms with Crippen molar-refractivity contribution in [1.82, 2.24) is 9.55 Å². The summed E-state index contributed by atoms with van der Waals surface area (Å²) in [6, 6.07) is 1.35. The molecule has 0 fully saturated rings. The van der Waals surface area contributed by atoms with Crippen LogP contribution in [0.4, 0.5) is 0 Å². The second-order valence-electron chi connectivity index (χ2n) is 6.88. The van der Waals surface area contributed by atoms with Gasteiger partial charge in [-0.15, -0.1) is 0 Å². The van der Waals surface area contributed by atoms with Crippen LogP contribution in [-0.2, 0) is 19.4 Å². The van der Waals surface area contributed by atoms with Gasteiger partial charge in [-0.05, 0) is 56.2 Å². The highest BCUT2D eigenvalue weighted by molar-refractivity contribution is 5.51. The molecule has 3 N–H and O–H groups in total. The second kappa shape index (κ2) is 5.94. The van der Waals surface area contributed by atoms with E-state index in [1.807, 2.05) is 10.8 Å². The number of aromatic hydroxyl groups is 2. The highest BCUT2D eigenvalue weighted by atomic mass is 16.3. The van der Waals surface area contributed by atoms with Crippen LogP contribution in [0.15, 0.2) is 29.6 Å². The molecule has 0 saturated heterocycles. The number of hydrogen-bond acceptors (Lipinski definition) is 5. The van der Waals surface area contributed by atoms with Gasteiger partial charge in [0.15, 0.2) is 5.75 Å². The quantitative estimate of drug-likeness (QED) is 0.793. The fourth-order valence-corrected chi connectivity index (χ4v) is 3.62. The summed E-state index contributed by atoms with van der Waals surface area (Å²) >= 11 is 0. The standard InChI is InChI=1S/C18H22N2O4/c1-11-7-15(21)17(23)16(22)13-4-3-12(8-14(11)13)18(2,24)9-20-6-5-19-10-20/h5-7,10,12,24H,3-4,8-9H2,1-2H3,(H2,21,22,23)/t12-,18-/m1/s1. The van der Waals surface area contributed by atoms with Gasteiger partial charge in [0, 0.05) is 18.0 Å². The maximum atomic E-state index is 11.8. The second-order valence-corrected chi connectivity index (χ2v) is 6.88. The molecule has 128 valence electrons. The molecular formula is C18H22N2O4. The number of rotatable bonds is 3. The summed E-state index contributed by atoms with van der Waals surface area (Å²) in [5.74, 6) is -0.941. The van der Waals surface area contributed by atoms with Gasteiger partial charge >= 0.3 is 0 Å². The molecule has 0 bridgehead atoms. The summed E-state index contributed by atoms with van der Waals surface area (Å²) in [6.07, 6.45) is 6.87. The maximum absolute atomic E-state index is 11.8. The molecule has 6 nitrogen and oxygen atoms in total. The van der Waals surface area contributed by atoms with Crippen LogP contribution in [0.25, 0.3) is 0 Å². The Morgan fingerprint density at radius 2 is 2.08 bits per heavy atom. The first-order chi connectivity index (χ1) is 11.3. The van der Waals surface area contributed by atoms with Crippen LogP contribution in [0, 0.1) is 12.8 Å². The van der Waals surface area contributed by atoms with Crippen LogP contribution in [0.1, 0.15) is 30.0 Å². The fraction of sp³-hybridized carbons (Fsp3) is 0.444. The average molecular weight is 330 g/mol. The molecule has 3 rings (SSSR count). The number of aliphatic hydroxyl groups is 1. The monoisotopic (exact) mass is 330 g/mol. The zero-order chi connectivity index (χ0) is 17.5. The third kappa shape index (κ3) is 2.89. The first-order valence-electron chi connectivity index (χ1n) is 8.05. The summed E-state index contributed by atoms with van der Waals surface area (Å²) < 4.78 is 1.84. The van der Waals surface area contributed by atoms with Crippen molar-refractivity contribution >= 4 is 0 Å². The zero-order valence-electron chi connectivity index (χ0n) is 13.9. The summed E-state index contributed by atoms with van der Waals surface area (Å²) in [5, 5.41) is 30.9. The number of aryl methyl sites for hydroxylation is 1. The van der Waals surface area contributed by atoms with E-state index in [1.165, 1.54) is 6.07 Å². The van der Waals surface area contributed by atoms with Gasteiger partial charge in [0.25, 0.3) is 0 Å². The molecule has 0 saturated carbocycles. The lowest BCUT2D eigenvalue weighted by Crippen LogP contribution is -2.41. The summed E-state index contributed by atoms with van der Waals surface area (Å²) in [5.41, 5.74) is 0.653. The minimum atomic E-state index is -0.947. The molecule has 24 heavy (non-hydrogen) atoms. The maximum Gasteiger partial charge on any atom is 0.224 e. The number of aromatic nitrogens is 2. The predicted octanol–water partition coefficient (Wildman–Crippen LogP) is 1.52. The molecule has 2 aromatic rings. The van der Waals surface area contributed by atoms with Crippen molar-refractivity contribution in [2.45, 2.75) is 45.3 Å². The molecular weight excluding hydrogens is 308 g/mol. The molecule has 0 unspecified atom stereocenters. The Morgan fingerprint density at radius 3 is 2.75 bits per heavy atom. The minimum Gasteiger partial charge on any atom is -0.504 e. The smallest absolute Gasteiger partial charge is 0.224 e. The van der Waals surface area contributed by atoms with Gasteiger partial charge < -0.3 is 19.9 Å². The Balaban J connectivity index is 1.96. The van der Waals surface area contributed by atoms with Gasteiger partial charge in [-0.2, -0.15) is 0 Å². The number of nitrogens with zero attached hydrogens (tertiary/aromatic N) is 2. The molecule has 1 aromatic carbocycles. The first kappa shape index (κ1) is 16.5. The van der Waals surface area contributed by atoms with E-state index >= 15 is 0 Å². The third-order valence-electron chi connectivity index (χ3n) is 5.07. The lowest BCUT2D eigenvalue weighted by atomic mass is 9.74. The van der Waals surface area contributed by atoms with E-state index < -0.39 is 16.8 Å². The van der Waals surface area contributed by atoms with Gasteiger partial charge in [-0.3, -0.25) is 4.79 Å². The van der Waals surface area contributed by atoms with Crippen LogP contribution in [0.2, 0.25) is 0 Å². The Bertz CT molecular complexity index is 813. The molecule has 1 aromatic heterocycles. The summed E-state index contributed by atoms with van der Waals surface area (Å²) in [6.45, 7) is 4.03. The molecule has 6 heteroatoms. The molecule has 1 aliphatic rings. The highest BCUT2D eigenvalue weighted by Crippen LogP contribution is 2.39. The topological polar surface area (TPSA) is 95.6 Å². The van der Waals surface area contributed by atoms with Crippen molar-refractivity contribution < 1.29 is 15.3 Å². The Labute approximate surface area is 140 Å². The largest absolute Gasteiger partial charge is 0.504 e. The van der Waals surface area contributed by atoms with E-state index in [2.05, 4.69) is 4.98 Å². The summed E-state index contributed by atoms with van der Waals surface area (Å²) in [4.78, 5) is 15.8. The van der Waals surface area contributed by atoms with Gasteiger partial charge in [-0.1, -0.05) is 0 Å². The van der Waals surface area contributed by atoms with Crippen LogP contribution in [0.5, 0.6) is 11.5 Å². The molecule has 2 atom stereocenters. The number of imidazole rings is 1. The van der Waals surface area contributed by atoms with Gasteiger partial charge in [0.05, 0.1) is 18.5 Å². The van der Waals surface area contributed by atoms with Crippen molar-refractivity contribution in [3.8, 4) is 11.5 Å². The molecule has 1 heterocycles. The number of hydrogen-bond donors (Lipinski definition) is 3. The van der Waals surface area contributed by atoms with Crippen molar-refractivity contribution in [2.24, 2.45) is 5.92 Å². The van der Waals surface area contributed by atoms with Gasteiger partial charge in [-0.25, -0.2) is 4.98 Å². The van der Waals surface area contributed by atoms with E-state index in [9.17, 15) is 20.1 Å². The van der Waals surface area contributed by atoms with Crippen LogP contribution >= 0.6 is 0 Å². The normalized spacial score (nSPS) is 19.5. The Kier molecular flexibility index (Phi) is 4.09. The van der Waals surface area contributed by atoms with Crippen LogP contribution in [0.3, 0.4) is 0 Å². The average Bonchev–Trinajstić information content (AvgIpc) is 3.02. The first-order valence-corrected chi connectivity index (χ1v) is 8.05. The van der Waals surface area contributed by atoms with E-state index in [-0.39, 0.29) is 11.7 Å². The van der Waals surface area contributed by atoms with Gasteiger partial charge in [0.1, 0.15) is 0 Å². The zero-order valence-corrected chi connectivity index (χ0v) is 13.9. The lowest BCUT2D eigenvalue weighted by Gasteiger charge is -2.36. The van der Waals surface area contributed by atoms with Gasteiger partial charge in [0.2, 0.25) is 11.2 Å². The minimum absolute atomic E-state index is 0.0230. The van der Waals surface area contributed by atoms with E-state index in [1.54, 1.807) is 26.4 Å². The van der Waals surface area contributed by atoms with Crippen molar-refractivity contribution in [3.05, 3.63) is 51.7 Å². The molecule has 0 spiro atoms. The number of fused-ring (bicyclic) bond motifs is 1.